The Kier molecular flexibility index (Phi) is 3.38. The number of hydrogen-bond donors (Lipinski definition) is 3. The van der Waals surface area contributed by atoms with Crippen LogP contribution in [0.5, 0.6) is 23.0 Å². The number of fused-ring (bicyclic) bond motifs is 1. The molecule has 0 aromatic heterocycles. The van der Waals surface area contributed by atoms with E-state index in [0.29, 0.717) is 5.56 Å². The second-order valence-corrected chi connectivity index (χ2v) is 4.91. The third-order valence-corrected chi connectivity index (χ3v) is 3.59. The van der Waals surface area contributed by atoms with Gasteiger partial charge in [-0.15, -0.1) is 0 Å². The van der Waals surface area contributed by atoms with Crippen LogP contribution in [-0.2, 0) is 0 Å². The molecule has 6 nitrogen and oxygen atoms in total. The zero-order chi connectivity index (χ0) is 15.9. The van der Waals surface area contributed by atoms with E-state index < -0.39 is 29.5 Å². The molecule has 2 atom stereocenters. The number of phenolic OH excluding ortho intramolecular Hbond substituents is 2. The lowest BCUT2D eigenvalue weighted by molar-refractivity contribution is 0.0198. The minimum atomic E-state index is -1.48. The van der Waals surface area contributed by atoms with Gasteiger partial charge in [0.1, 0.15) is 11.3 Å². The summed E-state index contributed by atoms with van der Waals surface area (Å²) in [5.41, 5.74) is 0.327. The maximum Gasteiger partial charge on any atom is 0.203 e. The van der Waals surface area contributed by atoms with Crippen molar-refractivity contribution in [3.05, 3.63) is 47.5 Å². The number of carbonyl (C=O) groups is 1. The van der Waals surface area contributed by atoms with Gasteiger partial charge in [0.15, 0.2) is 23.7 Å². The number of rotatable bonds is 2. The second kappa shape index (κ2) is 5.23. The van der Waals surface area contributed by atoms with E-state index in [4.69, 9.17) is 9.47 Å². The van der Waals surface area contributed by atoms with Gasteiger partial charge in [0.25, 0.3) is 0 Å². The molecule has 6 heteroatoms. The molecule has 114 valence electrons. The quantitative estimate of drug-likeness (QED) is 0.732. The Labute approximate surface area is 126 Å². The Hall–Kier alpha value is -2.73. The number of aromatic hydroxyl groups is 2. The summed E-state index contributed by atoms with van der Waals surface area (Å²) >= 11 is 0. The van der Waals surface area contributed by atoms with Crippen LogP contribution in [0.25, 0.3) is 0 Å². The number of ketones is 1. The zero-order valence-corrected chi connectivity index (χ0v) is 11.7. The third kappa shape index (κ3) is 2.05. The Bertz CT molecular complexity index is 725. The van der Waals surface area contributed by atoms with Crippen LogP contribution in [0.1, 0.15) is 22.0 Å². The van der Waals surface area contributed by atoms with Crippen molar-refractivity contribution in [2.45, 2.75) is 12.2 Å². The fourth-order valence-electron chi connectivity index (χ4n) is 2.49. The third-order valence-electron chi connectivity index (χ3n) is 3.59. The summed E-state index contributed by atoms with van der Waals surface area (Å²) in [6.07, 6.45) is -2.45. The molecule has 0 spiro atoms. The van der Waals surface area contributed by atoms with E-state index in [1.165, 1.54) is 7.11 Å². The van der Waals surface area contributed by atoms with E-state index in [2.05, 4.69) is 0 Å². The molecule has 3 rings (SSSR count). The maximum atomic E-state index is 12.3. The zero-order valence-electron chi connectivity index (χ0n) is 11.7. The summed E-state index contributed by atoms with van der Waals surface area (Å²) in [6, 6.07) is 9.78. The summed E-state index contributed by atoms with van der Waals surface area (Å²) in [7, 11) is 1.31. The number of benzene rings is 2. The standard InChI is InChI=1S/C16H14O6/c1-21-10-7-9(17)11-13(19)14(20)15(22-16(11)12(10)18)8-5-3-2-4-6-8/h2-7,14-15,17-18,20H,1H3/t14-,15+/m0/s1. The Morgan fingerprint density at radius 2 is 1.86 bits per heavy atom. The van der Waals surface area contributed by atoms with Gasteiger partial charge < -0.3 is 24.8 Å². The average molecular weight is 302 g/mol. The van der Waals surface area contributed by atoms with Crippen molar-refractivity contribution in [1.29, 1.82) is 0 Å². The van der Waals surface area contributed by atoms with Crippen LogP contribution in [0, 0.1) is 0 Å². The van der Waals surface area contributed by atoms with Crippen molar-refractivity contribution in [1.82, 2.24) is 0 Å². The normalized spacial score (nSPS) is 20.2. The number of carbonyl (C=O) groups excluding carboxylic acids is 1. The molecule has 22 heavy (non-hydrogen) atoms. The van der Waals surface area contributed by atoms with Gasteiger partial charge in [0, 0.05) is 6.07 Å². The van der Waals surface area contributed by atoms with Crippen LogP contribution >= 0.6 is 0 Å². The van der Waals surface area contributed by atoms with Gasteiger partial charge in [-0.25, -0.2) is 0 Å². The van der Waals surface area contributed by atoms with Gasteiger partial charge in [-0.05, 0) is 5.56 Å². The Morgan fingerprint density at radius 1 is 1.18 bits per heavy atom. The highest BCUT2D eigenvalue weighted by Gasteiger charge is 2.41. The highest BCUT2D eigenvalue weighted by molar-refractivity contribution is 6.06. The minimum Gasteiger partial charge on any atom is -0.507 e. The van der Waals surface area contributed by atoms with Crippen molar-refractivity contribution in [3.8, 4) is 23.0 Å². The first kappa shape index (κ1) is 14.2. The summed E-state index contributed by atoms with van der Waals surface area (Å²) < 4.78 is 10.5. The van der Waals surface area contributed by atoms with Crippen LogP contribution in [0.4, 0.5) is 0 Å². The van der Waals surface area contributed by atoms with E-state index in [1.54, 1.807) is 30.3 Å². The molecule has 1 heterocycles. The molecule has 2 aromatic rings. The molecule has 3 N–H and O–H groups in total. The topological polar surface area (TPSA) is 96.2 Å². The Balaban J connectivity index is 2.15. The molecule has 0 unspecified atom stereocenters. The fraction of sp³-hybridized carbons (Fsp3) is 0.188. The number of aliphatic hydroxyl groups excluding tert-OH is 1. The Morgan fingerprint density at radius 3 is 2.50 bits per heavy atom. The summed E-state index contributed by atoms with van der Waals surface area (Å²) in [5, 5.41) is 30.2. The SMILES string of the molecule is COc1cc(O)c2c(c1O)O[C@H](c1ccccc1)[C@@H](O)C2=O. The lowest BCUT2D eigenvalue weighted by Crippen LogP contribution is -2.36. The molecule has 0 amide bonds. The number of ether oxygens (including phenoxy) is 2. The average Bonchev–Trinajstić information content (AvgIpc) is 2.54. The molecule has 2 aromatic carbocycles. The molecular formula is C16H14O6. The first-order chi connectivity index (χ1) is 10.5. The summed E-state index contributed by atoms with van der Waals surface area (Å²) in [5.74, 6) is -1.74. The molecule has 0 radical (unpaired) electrons. The van der Waals surface area contributed by atoms with Gasteiger partial charge in [0.05, 0.1) is 7.11 Å². The van der Waals surface area contributed by atoms with E-state index in [0.717, 1.165) is 6.07 Å². The van der Waals surface area contributed by atoms with Gasteiger partial charge in [0.2, 0.25) is 11.5 Å². The van der Waals surface area contributed by atoms with E-state index in [9.17, 15) is 20.1 Å². The highest BCUT2D eigenvalue weighted by Crippen LogP contribution is 2.49. The van der Waals surface area contributed by atoms with Crippen molar-refractivity contribution in [2.75, 3.05) is 7.11 Å². The monoisotopic (exact) mass is 302 g/mol. The van der Waals surface area contributed by atoms with Gasteiger partial charge in [-0.3, -0.25) is 4.79 Å². The van der Waals surface area contributed by atoms with Crippen LogP contribution in [-0.4, -0.2) is 34.3 Å². The van der Waals surface area contributed by atoms with Gasteiger partial charge in [-0.2, -0.15) is 0 Å². The smallest absolute Gasteiger partial charge is 0.203 e. The molecule has 0 saturated heterocycles. The summed E-state index contributed by atoms with van der Waals surface area (Å²) in [4.78, 5) is 12.3. The molecule has 1 aliphatic heterocycles. The van der Waals surface area contributed by atoms with Crippen molar-refractivity contribution < 1.29 is 29.6 Å². The lowest BCUT2D eigenvalue weighted by Gasteiger charge is -2.30. The predicted octanol–water partition coefficient (Wildman–Crippen LogP) is 1.78. The first-order valence-corrected chi connectivity index (χ1v) is 6.61. The predicted molar refractivity (Wildman–Crippen MR) is 76.5 cm³/mol. The van der Waals surface area contributed by atoms with Gasteiger partial charge in [-0.1, -0.05) is 30.3 Å². The number of aliphatic hydroxyl groups is 1. The number of Topliss-reactive ketones (excluding diaryl/α,β-unsaturated/α-hetero) is 1. The van der Waals surface area contributed by atoms with Crippen LogP contribution in [0.3, 0.4) is 0 Å². The van der Waals surface area contributed by atoms with E-state index in [-0.39, 0.29) is 17.1 Å². The van der Waals surface area contributed by atoms with Crippen molar-refractivity contribution >= 4 is 5.78 Å². The van der Waals surface area contributed by atoms with E-state index in [1.807, 2.05) is 0 Å². The number of phenols is 2. The van der Waals surface area contributed by atoms with E-state index >= 15 is 0 Å². The lowest BCUT2D eigenvalue weighted by atomic mass is 9.92. The molecule has 0 saturated carbocycles. The van der Waals surface area contributed by atoms with Crippen molar-refractivity contribution in [2.24, 2.45) is 0 Å². The number of hydrogen-bond acceptors (Lipinski definition) is 6. The first-order valence-electron chi connectivity index (χ1n) is 6.61. The fourth-order valence-corrected chi connectivity index (χ4v) is 2.49. The highest BCUT2D eigenvalue weighted by atomic mass is 16.5. The molecule has 0 fully saturated rings. The van der Waals surface area contributed by atoms with Gasteiger partial charge >= 0.3 is 0 Å². The van der Waals surface area contributed by atoms with Crippen LogP contribution < -0.4 is 9.47 Å². The van der Waals surface area contributed by atoms with Crippen LogP contribution in [0.2, 0.25) is 0 Å². The van der Waals surface area contributed by atoms with Crippen LogP contribution in [0.15, 0.2) is 36.4 Å². The van der Waals surface area contributed by atoms with Crippen molar-refractivity contribution in [3.63, 3.8) is 0 Å². The second-order valence-electron chi connectivity index (χ2n) is 4.91. The molecule has 1 aliphatic rings. The molecule has 0 bridgehead atoms. The largest absolute Gasteiger partial charge is 0.507 e. The summed E-state index contributed by atoms with van der Waals surface area (Å²) in [6.45, 7) is 0. The maximum absolute atomic E-state index is 12.3. The minimum absolute atomic E-state index is 0.0211. The molecular weight excluding hydrogens is 288 g/mol. The molecule has 0 aliphatic carbocycles. The number of methoxy groups -OCH3 is 1.